The Bertz CT molecular complexity index is 549. The van der Waals surface area contributed by atoms with E-state index in [1.807, 2.05) is 24.3 Å². The van der Waals surface area contributed by atoms with Crippen LogP contribution in [-0.2, 0) is 0 Å². The monoisotopic (exact) mass is 271 g/mol. The van der Waals surface area contributed by atoms with Gasteiger partial charge in [0.15, 0.2) is 0 Å². The van der Waals surface area contributed by atoms with Gasteiger partial charge in [0.05, 0.1) is 5.52 Å². The summed E-state index contributed by atoms with van der Waals surface area (Å²) in [5.41, 5.74) is 1.73. The molecule has 2 heterocycles. The molecule has 0 bridgehead atoms. The van der Waals surface area contributed by atoms with Crippen LogP contribution in [0, 0.1) is 0 Å². The van der Waals surface area contributed by atoms with Crippen molar-refractivity contribution >= 4 is 17.0 Å². The van der Waals surface area contributed by atoms with Crippen LogP contribution < -0.4 is 5.32 Å². The van der Waals surface area contributed by atoms with E-state index in [2.05, 4.69) is 25.4 Å². The molecule has 0 amide bonds. The molecule has 5 heteroatoms. The van der Waals surface area contributed by atoms with Gasteiger partial charge in [-0.05, 0) is 38.1 Å². The fraction of sp³-hybridized carbons (Fsp3) is 0.533. The lowest BCUT2D eigenvalue weighted by atomic mass is 10.2. The predicted molar refractivity (Wildman–Crippen MR) is 80.7 cm³/mol. The molecule has 20 heavy (non-hydrogen) atoms. The van der Waals surface area contributed by atoms with Crippen LogP contribution in [0.4, 0.5) is 5.95 Å². The Morgan fingerprint density at radius 3 is 2.50 bits per heavy atom. The van der Waals surface area contributed by atoms with Crippen molar-refractivity contribution in [1.29, 1.82) is 0 Å². The third-order valence-corrected chi connectivity index (χ3v) is 3.77. The van der Waals surface area contributed by atoms with Crippen molar-refractivity contribution in [2.24, 2.45) is 0 Å². The van der Waals surface area contributed by atoms with E-state index >= 15 is 0 Å². The number of nitrogens with zero attached hydrogens (tertiary/aromatic N) is 4. The number of likely N-dealkylation sites (tertiary alicyclic amines) is 1. The summed E-state index contributed by atoms with van der Waals surface area (Å²) in [6, 6.07) is 7.81. The summed E-state index contributed by atoms with van der Waals surface area (Å²) in [5, 5.41) is 11.6. The molecule has 0 unspecified atom stereocenters. The molecule has 1 aromatic carbocycles. The molecule has 1 aromatic heterocycles. The van der Waals surface area contributed by atoms with Crippen molar-refractivity contribution in [3.8, 4) is 0 Å². The highest BCUT2D eigenvalue weighted by atomic mass is 15.2. The van der Waals surface area contributed by atoms with Crippen LogP contribution in [0.2, 0.25) is 0 Å². The summed E-state index contributed by atoms with van der Waals surface area (Å²) >= 11 is 0. The second-order valence-electron chi connectivity index (χ2n) is 5.31. The molecule has 1 aliphatic rings. The summed E-state index contributed by atoms with van der Waals surface area (Å²) < 4.78 is 0. The van der Waals surface area contributed by atoms with E-state index in [-0.39, 0.29) is 0 Å². The third-order valence-electron chi connectivity index (χ3n) is 3.77. The van der Waals surface area contributed by atoms with Crippen LogP contribution in [0.3, 0.4) is 0 Å². The first-order chi connectivity index (χ1) is 9.92. The second kappa shape index (κ2) is 6.61. The first kappa shape index (κ1) is 13.2. The second-order valence-corrected chi connectivity index (χ2v) is 5.31. The molecule has 106 valence electrons. The number of hydrogen-bond donors (Lipinski definition) is 1. The van der Waals surface area contributed by atoms with Gasteiger partial charge in [0, 0.05) is 13.1 Å². The summed E-state index contributed by atoms with van der Waals surface area (Å²) in [4.78, 5) is 7.00. The SMILES string of the molecule is c1ccc2nc(NCCN3CCCCCC3)nnc2c1. The maximum absolute atomic E-state index is 4.47. The van der Waals surface area contributed by atoms with Crippen LogP contribution >= 0.6 is 0 Å². The minimum Gasteiger partial charge on any atom is -0.352 e. The van der Waals surface area contributed by atoms with Crippen molar-refractivity contribution in [3.05, 3.63) is 24.3 Å². The van der Waals surface area contributed by atoms with Gasteiger partial charge in [0.1, 0.15) is 5.52 Å². The zero-order valence-corrected chi connectivity index (χ0v) is 11.8. The highest BCUT2D eigenvalue weighted by Crippen LogP contribution is 2.10. The predicted octanol–water partition coefficient (Wildman–Crippen LogP) is 2.31. The van der Waals surface area contributed by atoms with Gasteiger partial charge >= 0.3 is 0 Å². The molecule has 0 aliphatic carbocycles. The van der Waals surface area contributed by atoms with E-state index in [1.54, 1.807) is 0 Å². The molecule has 3 rings (SSSR count). The molecule has 0 radical (unpaired) electrons. The van der Waals surface area contributed by atoms with Gasteiger partial charge in [-0.25, -0.2) is 4.98 Å². The first-order valence-electron chi connectivity index (χ1n) is 7.47. The van der Waals surface area contributed by atoms with Crippen LogP contribution in [0.15, 0.2) is 24.3 Å². The molecule has 0 saturated carbocycles. The zero-order chi connectivity index (χ0) is 13.6. The number of fused-ring (bicyclic) bond motifs is 1. The van der Waals surface area contributed by atoms with Gasteiger partial charge in [-0.3, -0.25) is 0 Å². The van der Waals surface area contributed by atoms with Crippen molar-refractivity contribution in [2.75, 3.05) is 31.5 Å². The normalized spacial score (nSPS) is 17.0. The molecule has 0 spiro atoms. The Kier molecular flexibility index (Phi) is 4.38. The Balaban J connectivity index is 1.54. The van der Waals surface area contributed by atoms with Crippen molar-refractivity contribution in [1.82, 2.24) is 20.1 Å². The van der Waals surface area contributed by atoms with Crippen LogP contribution in [0.5, 0.6) is 0 Å². The zero-order valence-electron chi connectivity index (χ0n) is 11.8. The molecular weight excluding hydrogens is 250 g/mol. The van der Waals surface area contributed by atoms with E-state index in [4.69, 9.17) is 0 Å². The summed E-state index contributed by atoms with van der Waals surface area (Å²) in [5.74, 6) is 0.624. The van der Waals surface area contributed by atoms with Crippen molar-refractivity contribution < 1.29 is 0 Å². The van der Waals surface area contributed by atoms with Crippen LogP contribution in [-0.4, -0.2) is 46.3 Å². The average Bonchev–Trinajstić information content (AvgIpc) is 2.76. The summed E-state index contributed by atoms with van der Waals surface area (Å²) in [7, 11) is 0. The molecule has 0 atom stereocenters. The van der Waals surface area contributed by atoms with Gasteiger partial charge < -0.3 is 10.2 Å². The van der Waals surface area contributed by atoms with Crippen LogP contribution in [0.25, 0.3) is 11.0 Å². The smallest absolute Gasteiger partial charge is 0.243 e. The van der Waals surface area contributed by atoms with Gasteiger partial charge in [0.25, 0.3) is 0 Å². The highest BCUT2D eigenvalue weighted by molar-refractivity contribution is 5.73. The number of rotatable bonds is 4. The van der Waals surface area contributed by atoms with E-state index in [9.17, 15) is 0 Å². The molecule has 1 fully saturated rings. The quantitative estimate of drug-likeness (QED) is 0.925. The lowest BCUT2D eigenvalue weighted by Crippen LogP contribution is -2.30. The Morgan fingerprint density at radius 2 is 1.70 bits per heavy atom. The fourth-order valence-electron chi connectivity index (χ4n) is 2.64. The summed E-state index contributed by atoms with van der Waals surface area (Å²) in [6.07, 6.45) is 5.41. The van der Waals surface area contributed by atoms with Crippen molar-refractivity contribution in [3.63, 3.8) is 0 Å². The first-order valence-corrected chi connectivity index (χ1v) is 7.47. The minimum atomic E-state index is 0.624. The molecule has 1 saturated heterocycles. The lowest BCUT2D eigenvalue weighted by Gasteiger charge is -2.19. The molecular formula is C15H21N5. The minimum absolute atomic E-state index is 0.624. The maximum atomic E-state index is 4.47. The fourth-order valence-corrected chi connectivity index (χ4v) is 2.64. The van der Waals surface area contributed by atoms with Crippen LogP contribution in [0.1, 0.15) is 25.7 Å². The van der Waals surface area contributed by atoms with E-state index in [0.717, 1.165) is 24.1 Å². The summed E-state index contributed by atoms with van der Waals surface area (Å²) in [6.45, 7) is 4.37. The number of nitrogens with one attached hydrogen (secondary N) is 1. The number of aromatic nitrogens is 3. The standard InChI is InChI=1S/C15H21N5/c1-2-6-11-20(10-5-1)12-9-16-15-17-13-7-3-4-8-14(13)18-19-15/h3-4,7-8H,1-2,5-6,9-12H2,(H,16,17,19). The molecule has 1 N–H and O–H groups in total. The number of benzene rings is 1. The third kappa shape index (κ3) is 3.42. The van der Waals surface area contributed by atoms with E-state index in [0.29, 0.717) is 5.95 Å². The number of anilines is 1. The topological polar surface area (TPSA) is 53.9 Å². The molecule has 2 aromatic rings. The van der Waals surface area contributed by atoms with Gasteiger partial charge in [-0.2, -0.15) is 0 Å². The van der Waals surface area contributed by atoms with E-state index in [1.165, 1.54) is 38.8 Å². The maximum Gasteiger partial charge on any atom is 0.243 e. The van der Waals surface area contributed by atoms with Gasteiger partial charge in [-0.15, -0.1) is 10.2 Å². The highest BCUT2D eigenvalue weighted by Gasteiger charge is 2.08. The largest absolute Gasteiger partial charge is 0.352 e. The molecule has 1 aliphatic heterocycles. The number of hydrogen-bond acceptors (Lipinski definition) is 5. The van der Waals surface area contributed by atoms with Gasteiger partial charge in [0.2, 0.25) is 5.95 Å². The lowest BCUT2D eigenvalue weighted by molar-refractivity contribution is 0.296. The number of para-hydroxylation sites is 1. The van der Waals surface area contributed by atoms with Gasteiger partial charge in [-0.1, -0.05) is 25.0 Å². The molecule has 5 nitrogen and oxygen atoms in total. The Labute approximate surface area is 119 Å². The Morgan fingerprint density at radius 1 is 0.950 bits per heavy atom. The van der Waals surface area contributed by atoms with E-state index < -0.39 is 0 Å². The Hall–Kier alpha value is -1.75. The average molecular weight is 271 g/mol. The van der Waals surface area contributed by atoms with Crippen molar-refractivity contribution in [2.45, 2.75) is 25.7 Å².